The summed E-state index contributed by atoms with van der Waals surface area (Å²) in [6, 6.07) is 3.44. The summed E-state index contributed by atoms with van der Waals surface area (Å²) in [5, 5.41) is 0. The van der Waals surface area contributed by atoms with Gasteiger partial charge in [-0.05, 0) is 13.0 Å². The molecular weight excluding hydrogens is 178 g/mol. The van der Waals surface area contributed by atoms with E-state index in [1.54, 1.807) is 24.5 Å². The number of anilines is 1. The molecule has 0 aliphatic carbocycles. The zero-order valence-electron chi connectivity index (χ0n) is 7.68. The van der Waals surface area contributed by atoms with E-state index in [4.69, 9.17) is 5.73 Å². The van der Waals surface area contributed by atoms with E-state index in [-0.39, 0.29) is 0 Å². The third kappa shape index (κ3) is 1.66. The van der Waals surface area contributed by atoms with Crippen LogP contribution in [0.2, 0.25) is 0 Å². The molecule has 70 valence electrons. The molecule has 2 rings (SSSR count). The molecule has 0 aliphatic heterocycles. The lowest BCUT2D eigenvalue weighted by atomic mass is 10.4. The Morgan fingerprint density at radius 1 is 1.07 bits per heavy atom. The standard InChI is InChI=1S/C9H9N5/c1-6-5-7(10)14-9(13-6)8-11-3-2-4-12-8/h2-5H,1H3,(H2,10,13,14). The molecule has 0 aromatic carbocycles. The second kappa shape index (κ2) is 3.37. The zero-order chi connectivity index (χ0) is 9.97. The Bertz CT molecular complexity index is 420. The van der Waals surface area contributed by atoms with E-state index in [9.17, 15) is 0 Å². The van der Waals surface area contributed by atoms with Crippen molar-refractivity contribution in [3.8, 4) is 11.6 Å². The van der Waals surface area contributed by atoms with Crippen molar-refractivity contribution in [2.75, 3.05) is 5.73 Å². The predicted molar refractivity (Wildman–Crippen MR) is 52.2 cm³/mol. The molecule has 0 atom stereocenters. The maximum absolute atomic E-state index is 5.59. The van der Waals surface area contributed by atoms with Gasteiger partial charge in [0.2, 0.25) is 0 Å². The predicted octanol–water partition coefficient (Wildman–Crippen LogP) is 0.824. The first kappa shape index (κ1) is 8.55. The highest BCUT2D eigenvalue weighted by molar-refractivity contribution is 5.46. The van der Waals surface area contributed by atoms with Crippen molar-refractivity contribution in [1.82, 2.24) is 19.9 Å². The van der Waals surface area contributed by atoms with Gasteiger partial charge in [-0.15, -0.1) is 0 Å². The lowest BCUT2D eigenvalue weighted by Gasteiger charge is -2.00. The van der Waals surface area contributed by atoms with Crippen LogP contribution in [0.1, 0.15) is 5.69 Å². The molecule has 2 heterocycles. The Morgan fingerprint density at radius 3 is 2.43 bits per heavy atom. The van der Waals surface area contributed by atoms with E-state index in [0.717, 1.165) is 5.69 Å². The van der Waals surface area contributed by atoms with Gasteiger partial charge in [0, 0.05) is 24.2 Å². The number of aryl methyl sites for hydroxylation is 1. The summed E-state index contributed by atoms with van der Waals surface area (Å²) in [4.78, 5) is 16.3. The minimum absolute atomic E-state index is 0.431. The quantitative estimate of drug-likeness (QED) is 0.715. The van der Waals surface area contributed by atoms with Crippen LogP contribution in [0.3, 0.4) is 0 Å². The van der Waals surface area contributed by atoms with Crippen molar-refractivity contribution < 1.29 is 0 Å². The summed E-state index contributed by atoms with van der Waals surface area (Å²) < 4.78 is 0. The minimum atomic E-state index is 0.431. The van der Waals surface area contributed by atoms with Crippen LogP contribution in [0, 0.1) is 6.92 Å². The Labute approximate surface area is 81.1 Å². The summed E-state index contributed by atoms with van der Waals surface area (Å²) in [5.41, 5.74) is 6.40. The Balaban J connectivity index is 2.52. The van der Waals surface area contributed by atoms with E-state index in [1.807, 2.05) is 6.92 Å². The van der Waals surface area contributed by atoms with Gasteiger partial charge >= 0.3 is 0 Å². The highest BCUT2D eigenvalue weighted by Gasteiger charge is 2.04. The first-order valence-corrected chi connectivity index (χ1v) is 4.14. The molecule has 0 radical (unpaired) electrons. The molecule has 0 saturated heterocycles. The third-order valence-corrected chi connectivity index (χ3v) is 1.64. The first-order chi connectivity index (χ1) is 6.75. The van der Waals surface area contributed by atoms with Crippen LogP contribution in [0.5, 0.6) is 0 Å². The zero-order valence-corrected chi connectivity index (χ0v) is 7.68. The van der Waals surface area contributed by atoms with Gasteiger partial charge in [0.15, 0.2) is 11.6 Å². The van der Waals surface area contributed by atoms with Gasteiger partial charge in [-0.2, -0.15) is 0 Å². The topological polar surface area (TPSA) is 77.6 Å². The molecule has 0 saturated carbocycles. The molecular formula is C9H9N5. The number of nitrogens with zero attached hydrogens (tertiary/aromatic N) is 4. The molecule has 14 heavy (non-hydrogen) atoms. The normalized spacial score (nSPS) is 10.1. The lowest BCUT2D eigenvalue weighted by Crippen LogP contribution is -1.99. The number of aromatic nitrogens is 4. The van der Waals surface area contributed by atoms with Gasteiger partial charge in [0.25, 0.3) is 0 Å². The monoisotopic (exact) mass is 187 g/mol. The molecule has 2 aromatic heterocycles. The Morgan fingerprint density at radius 2 is 1.79 bits per heavy atom. The SMILES string of the molecule is Cc1cc(N)nc(-c2ncccn2)n1. The molecule has 2 N–H and O–H groups in total. The van der Waals surface area contributed by atoms with Crippen molar-refractivity contribution in [3.63, 3.8) is 0 Å². The van der Waals surface area contributed by atoms with E-state index >= 15 is 0 Å². The van der Waals surface area contributed by atoms with Gasteiger partial charge in [0.05, 0.1) is 0 Å². The third-order valence-electron chi connectivity index (χ3n) is 1.64. The fraction of sp³-hybridized carbons (Fsp3) is 0.111. The largest absolute Gasteiger partial charge is 0.384 e. The van der Waals surface area contributed by atoms with Gasteiger partial charge in [-0.3, -0.25) is 0 Å². The summed E-state index contributed by atoms with van der Waals surface area (Å²) in [5.74, 6) is 1.38. The van der Waals surface area contributed by atoms with Crippen LogP contribution < -0.4 is 5.73 Å². The summed E-state index contributed by atoms with van der Waals surface area (Å²) in [6.45, 7) is 1.85. The van der Waals surface area contributed by atoms with Crippen LogP contribution in [0.25, 0.3) is 11.6 Å². The van der Waals surface area contributed by atoms with Crippen LogP contribution >= 0.6 is 0 Å². The number of hydrogen-bond donors (Lipinski definition) is 1. The van der Waals surface area contributed by atoms with Gasteiger partial charge < -0.3 is 5.73 Å². The fourth-order valence-electron chi connectivity index (χ4n) is 1.11. The number of rotatable bonds is 1. The van der Waals surface area contributed by atoms with Crippen molar-refractivity contribution in [2.45, 2.75) is 6.92 Å². The van der Waals surface area contributed by atoms with Crippen LogP contribution in [0.4, 0.5) is 5.82 Å². The molecule has 0 spiro atoms. The number of hydrogen-bond acceptors (Lipinski definition) is 5. The first-order valence-electron chi connectivity index (χ1n) is 4.14. The van der Waals surface area contributed by atoms with Crippen molar-refractivity contribution >= 4 is 5.82 Å². The summed E-state index contributed by atoms with van der Waals surface area (Å²) >= 11 is 0. The molecule has 0 fully saturated rings. The average Bonchev–Trinajstić information content (AvgIpc) is 2.18. The molecule has 2 aromatic rings. The highest BCUT2D eigenvalue weighted by atomic mass is 15.0. The molecule has 0 aliphatic rings. The number of nitrogen functional groups attached to an aromatic ring is 1. The average molecular weight is 187 g/mol. The van der Waals surface area contributed by atoms with E-state index < -0.39 is 0 Å². The van der Waals surface area contributed by atoms with Crippen molar-refractivity contribution in [3.05, 3.63) is 30.2 Å². The van der Waals surface area contributed by atoms with Crippen molar-refractivity contribution in [2.24, 2.45) is 0 Å². The van der Waals surface area contributed by atoms with Gasteiger partial charge in [-0.25, -0.2) is 19.9 Å². The maximum Gasteiger partial charge on any atom is 0.199 e. The van der Waals surface area contributed by atoms with Crippen molar-refractivity contribution in [1.29, 1.82) is 0 Å². The highest BCUT2D eigenvalue weighted by Crippen LogP contribution is 2.10. The van der Waals surface area contributed by atoms with Crippen LogP contribution in [0.15, 0.2) is 24.5 Å². The fourth-order valence-corrected chi connectivity index (χ4v) is 1.11. The maximum atomic E-state index is 5.59. The molecule has 0 unspecified atom stereocenters. The second-order valence-electron chi connectivity index (χ2n) is 2.83. The van der Waals surface area contributed by atoms with Gasteiger partial charge in [-0.1, -0.05) is 0 Å². The smallest absolute Gasteiger partial charge is 0.199 e. The second-order valence-corrected chi connectivity index (χ2v) is 2.83. The molecule has 0 amide bonds. The summed E-state index contributed by atoms with van der Waals surface area (Å²) in [7, 11) is 0. The number of nitrogens with two attached hydrogens (primary N) is 1. The molecule has 5 heteroatoms. The molecule has 5 nitrogen and oxygen atoms in total. The Hall–Kier alpha value is -2.04. The molecule has 0 bridgehead atoms. The lowest BCUT2D eigenvalue weighted by molar-refractivity contribution is 1.05. The van der Waals surface area contributed by atoms with Crippen LogP contribution in [-0.4, -0.2) is 19.9 Å². The summed E-state index contributed by atoms with van der Waals surface area (Å²) in [6.07, 6.45) is 3.29. The van der Waals surface area contributed by atoms with E-state index in [0.29, 0.717) is 17.5 Å². The van der Waals surface area contributed by atoms with Crippen LogP contribution in [-0.2, 0) is 0 Å². The van der Waals surface area contributed by atoms with Gasteiger partial charge in [0.1, 0.15) is 5.82 Å². The van der Waals surface area contributed by atoms with E-state index in [2.05, 4.69) is 19.9 Å². The Kier molecular flexibility index (Phi) is 2.06. The minimum Gasteiger partial charge on any atom is -0.384 e. The van der Waals surface area contributed by atoms with E-state index in [1.165, 1.54) is 0 Å².